The molecule has 0 aliphatic heterocycles. The van der Waals surface area contributed by atoms with Crippen molar-refractivity contribution in [1.82, 2.24) is 5.32 Å². The van der Waals surface area contributed by atoms with Crippen molar-refractivity contribution in [3.05, 3.63) is 53.6 Å². The molecule has 0 atom stereocenters. The highest BCUT2D eigenvalue weighted by molar-refractivity contribution is 5.95. The lowest BCUT2D eigenvalue weighted by atomic mass is 10.2. The van der Waals surface area contributed by atoms with Crippen LogP contribution in [0.4, 0.5) is 5.69 Å². The van der Waals surface area contributed by atoms with Gasteiger partial charge >= 0.3 is 0 Å². The van der Waals surface area contributed by atoms with Gasteiger partial charge in [0.2, 0.25) is 0 Å². The average Bonchev–Trinajstić information content (AvgIpc) is 2.54. The predicted octanol–water partition coefficient (Wildman–Crippen LogP) is 2.90. The van der Waals surface area contributed by atoms with Crippen LogP contribution < -0.4 is 10.1 Å². The number of nitrogens with zero attached hydrogens (tertiary/aromatic N) is 1. The predicted molar refractivity (Wildman–Crippen MR) is 86.4 cm³/mol. The van der Waals surface area contributed by atoms with Crippen LogP contribution in [0, 0.1) is 0 Å². The molecule has 0 aliphatic rings. The van der Waals surface area contributed by atoms with E-state index in [9.17, 15) is 9.90 Å². The van der Waals surface area contributed by atoms with Crippen LogP contribution in [0.15, 0.2) is 47.5 Å². The zero-order valence-corrected chi connectivity index (χ0v) is 12.5. The smallest absolute Gasteiger partial charge is 0.251 e. The van der Waals surface area contributed by atoms with Crippen molar-refractivity contribution in [2.75, 3.05) is 13.7 Å². The summed E-state index contributed by atoms with van der Waals surface area (Å²) < 4.78 is 5.31. The number of amides is 1. The molecule has 22 heavy (non-hydrogen) atoms. The Hall–Kier alpha value is -2.82. The van der Waals surface area contributed by atoms with E-state index in [1.165, 1.54) is 0 Å². The number of phenolic OH excluding ortho intramolecular Hbond substituents is 1. The molecule has 0 saturated heterocycles. The van der Waals surface area contributed by atoms with E-state index in [1.807, 2.05) is 6.92 Å². The summed E-state index contributed by atoms with van der Waals surface area (Å²) in [6.07, 6.45) is 1.55. The van der Waals surface area contributed by atoms with Crippen molar-refractivity contribution in [3.63, 3.8) is 0 Å². The molecule has 1 amide bonds. The van der Waals surface area contributed by atoms with Gasteiger partial charge in [-0.25, -0.2) is 0 Å². The molecule has 2 aromatic rings. The molecule has 114 valence electrons. The van der Waals surface area contributed by atoms with Crippen LogP contribution in [-0.2, 0) is 0 Å². The van der Waals surface area contributed by atoms with Crippen molar-refractivity contribution in [2.24, 2.45) is 4.99 Å². The van der Waals surface area contributed by atoms with E-state index in [1.54, 1.807) is 55.7 Å². The maximum Gasteiger partial charge on any atom is 0.251 e. The van der Waals surface area contributed by atoms with E-state index >= 15 is 0 Å². The molecule has 0 unspecified atom stereocenters. The summed E-state index contributed by atoms with van der Waals surface area (Å²) in [6, 6.07) is 12.0. The van der Waals surface area contributed by atoms with Gasteiger partial charge in [0, 0.05) is 30.5 Å². The second kappa shape index (κ2) is 7.26. The van der Waals surface area contributed by atoms with E-state index in [2.05, 4.69) is 10.3 Å². The van der Waals surface area contributed by atoms with Gasteiger partial charge in [0.05, 0.1) is 12.3 Å². The minimum Gasteiger partial charge on any atom is -0.507 e. The van der Waals surface area contributed by atoms with Crippen LogP contribution in [-0.4, -0.2) is 30.9 Å². The van der Waals surface area contributed by atoms with Crippen molar-refractivity contribution in [1.29, 1.82) is 0 Å². The Morgan fingerprint density at radius 2 is 2.14 bits per heavy atom. The molecule has 2 rings (SSSR count). The fraction of sp³-hybridized carbons (Fsp3) is 0.176. The fourth-order valence-corrected chi connectivity index (χ4v) is 1.90. The number of benzene rings is 2. The number of aliphatic imine (C=N–C) groups is 1. The lowest BCUT2D eigenvalue weighted by molar-refractivity contribution is 0.0963. The molecule has 0 saturated carbocycles. The lowest BCUT2D eigenvalue weighted by Crippen LogP contribution is -2.17. The molecule has 0 bridgehead atoms. The van der Waals surface area contributed by atoms with Gasteiger partial charge in [0.25, 0.3) is 5.91 Å². The fourth-order valence-electron chi connectivity index (χ4n) is 1.90. The normalized spacial score (nSPS) is 10.6. The minimum atomic E-state index is -0.166. The molecule has 0 heterocycles. The first-order chi connectivity index (χ1) is 10.6. The van der Waals surface area contributed by atoms with Crippen LogP contribution in [0.1, 0.15) is 22.8 Å². The number of hydrogen-bond donors (Lipinski definition) is 2. The molecular weight excluding hydrogens is 280 g/mol. The maximum atomic E-state index is 11.6. The standard InChI is InChI=1S/C17H18N2O3/c1-3-22-15-8-7-13(16(20)10-15)11-19-14-6-4-5-12(9-14)17(21)18-2/h4-11,20H,3H2,1-2H3,(H,18,21). The van der Waals surface area contributed by atoms with Crippen LogP contribution in [0.2, 0.25) is 0 Å². The quantitative estimate of drug-likeness (QED) is 0.834. The van der Waals surface area contributed by atoms with E-state index in [4.69, 9.17) is 4.74 Å². The van der Waals surface area contributed by atoms with Crippen molar-refractivity contribution < 1.29 is 14.6 Å². The number of nitrogens with one attached hydrogen (secondary N) is 1. The molecule has 5 heteroatoms. The summed E-state index contributed by atoms with van der Waals surface area (Å²) in [6.45, 7) is 2.42. The highest BCUT2D eigenvalue weighted by atomic mass is 16.5. The lowest BCUT2D eigenvalue weighted by Gasteiger charge is -2.05. The number of phenols is 1. The summed E-state index contributed by atoms with van der Waals surface area (Å²) in [5, 5.41) is 12.5. The number of rotatable bonds is 5. The SMILES string of the molecule is CCOc1ccc(C=Nc2cccc(C(=O)NC)c2)c(O)c1. The number of aromatic hydroxyl groups is 1. The van der Waals surface area contributed by atoms with E-state index in [0.29, 0.717) is 29.2 Å². The zero-order valence-electron chi connectivity index (χ0n) is 12.5. The number of hydrogen-bond acceptors (Lipinski definition) is 4. The van der Waals surface area contributed by atoms with Gasteiger partial charge in [-0.2, -0.15) is 0 Å². The number of ether oxygens (including phenoxy) is 1. The van der Waals surface area contributed by atoms with E-state index in [-0.39, 0.29) is 11.7 Å². The van der Waals surface area contributed by atoms with Gasteiger partial charge < -0.3 is 15.2 Å². The van der Waals surface area contributed by atoms with Gasteiger partial charge in [0.1, 0.15) is 11.5 Å². The Kier molecular flexibility index (Phi) is 5.14. The summed E-state index contributed by atoms with van der Waals surface area (Å²) in [5.41, 5.74) is 1.75. The van der Waals surface area contributed by atoms with Gasteiger partial charge in [-0.15, -0.1) is 0 Å². The summed E-state index contributed by atoms with van der Waals surface area (Å²) in [5.74, 6) is 0.539. The first kappa shape index (κ1) is 15.6. The average molecular weight is 298 g/mol. The number of carbonyl (C=O) groups excluding carboxylic acids is 1. The highest BCUT2D eigenvalue weighted by Crippen LogP contribution is 2.23. The second-order valence-electron chi connectivity index (χ2n) is 4.54. The first-order valence-corrected chi connectivity index (χ1v) is 6.96. The van der Waals surface area contributed by atoms with Gasteiger partial charge in [0.15, 0.2) is 0 Å². The molecule has 0 aromatic heterocycles. The second-order valence-corrected chi connectivity index (χ2v) is 4.54. The molecule has 5 nitrogen and oxygen atoms in total. The monoisotopic (exact) mass is 298 g/mol. The molecular formula is C17H18N2O3. The third-order valence-corrected chi connectivity index (χ3v) is 3.00. The topological polar surface area (TPSA) is 70.9 Å². The van der Waals surface area contributed by atoms with Gasteiger partial charge in [-0.1, -0.05) is 6.07 Å². The Labute approximate surface area is 129 Å². The Balaban J connectivity index is 2.20. The van der Waals surface area contributed by atoms with E-state index < -0.39 is 0 Å². The molecule has 0 radical (unpaired) electrons. The van der Waals surface area contributed by atoms with Crippen LogP contribution in [0.5, 0.6) is 11.5 Å². The van der Waals surface area contributed by atoms with Gasteiger partial charge in [-0.05, 0) is 37.3 Å². The largest absolute Gasteiger partial charge is 0.507 e. The number of carbonyl (C=O) groups is 1. The Morgan fingerprint density at radius 1 is 1.32 bits per heavy atom. The zero-order chi connectivity index (χ0) is 15.9. The van der Waals surface area contributed by atoms with Crippen molar-refractivity contribution >= 4 is 17.8 Å². The summed E-state index contributed by atoms with van der Waals surface area (Å²) >= 11 is 0. The highest BCUT2D eigenvalue weighted by Gasteiger charge is 2.04. The Bertz CT molecular complexity index is 696. The maximum absolute atomic E-state index is 11.6. The molecule has 0 spiro atoms. The minimum absolute atomic E-state index is 0.0946. The van der Waals surface area contributed by atoms with Gasteiger partial charge in [-0.3, -0.25) is 9.79 Å². The Morgan fingerprint density at radius 3 is 2.82 bits per heavy atom. The molecule has 0 fully saturated rings. The molecule has 2 aromatic carbocycles. The van der Waals surface area contributed by atoms with Crippen molar-refractivity contribution in [3.8, 4) is 11.5 Å². The van der Waals surface area contributed by atoms with Crippen LogP contribution >= 0.6 is 0 Å². The van der Waals surface area contributed by atoms with Crippen LogP contribution in [0.3, 0.4) is 0 Å². The third kappa shape index (κ3) is 3.85. The van der Waals surface area contributed by atoms with E-state index in [0.717, 1.165) is 0 Å². The molecule has 0 aliphatic carbocycles. The third-order valence-electron chi connectivity index (χ3n) is 3.00. The van der Waals surface area contributed by atoms with Crippen molar-refractivity contribution in [2.45, 2.75) is 6.92 Å². The van der Waals surface area contributed by atoms with Crippen LogP contribution in [0.25, 0.3) is 0 Å². The molecule has 2 N–H and O–H groups in total. The summed E-state index contributed by atoms with van der Waals surface area (Å²) in [4.78, 5) is 15.9. The summed E-state index contributed by atoms with van der Waals surface area (Å²) in [7, 11) is 1.58. The first-order valence-electron chi connectivity index (χ1n) is 6.96.